The number of aromatic nitrogens is 1. The van der Waals surface area contributed by atoms with Gasteiger partial charge in [0.1, 0.15) is 12.4 Å². The molecule has 0 aliphatic heterocycles. The molecule has 136 valence electrons. The first-order valence-electron chi connectivity index (χ1n) is 8.45. The molecule has 1 aromatic carbocycles. The van der Waals surface area contributed by atoms with Crippen molar-refractivity contribution in [3.8, 4) is 5.75 Å². The highest BCUT2D eigenvalue weighted by Gasteiger charge is 2.20. The van der Waals surface area contributed by atoms with Crippen molar-refractivity contribution in [3.05, 3.63) is 59.9 Å². The first-order chi connectivity index (χ1) is 11.9. The van der Waals surface area contributed by atoms with Crippen LogP contribution in [0.4, 0.5) is 0 Å². The van der Waals surface area contributed by atoms with E-state index in [0.29, 0.717) is 18.1 Å². The Labute approximate surface area is 150 Å². The number of hydrogen-bond donors (Lipinski definition) is 1. The van der Waals surface area contributed by atoms with Crippen molar-refractivity contribution in [2.45, 2.75) is 33.2 Å². The van der Waals surface area contributed by atoms with Gasteiger partial charge in [-0.05, 0) is 43.0 Å². The van der Waals surface area contributed by atoms with Crippen molar-refractivity contribution in [1.29, 1.82) is 0 Å². The van der Waals surface area contributed by atoms with Crippen molar-refractivity contribution in [1.82, 2.24) is 9.71 Å². The Morgan fingerprint density at radius 1 is 1.16 bits per heavy atom. The number of benzene rings is 1. The van der Waals surface area contributed by atoms with Gasteiger partial charge in [-0.2, -0.15) is 0 Å². The summed E-state index contributed by atoms with van der Waals surface area (Å²) in [7, 11) is -3.46. The highest BCUT2D eigenvalue weighted by molar-refractivity contribution is 7.89. The molecule has 0 fully saturated rings. The second-order valence-electron chi connectivity index (χ2n) is 6.57. The summed E-state index contributed by atoms with van der Waals surface area (Å²) in [5, 5.41) is 0. The van der Waals surface area contributed by atoms with Crippen molar-refractivity contribution in [2.75, 3.05) is 12.4 Å². The van der Waals surface area contributed by atoms with E-state index in [2.05, 4.69) is 23.6 Å². The predicted octanol–water partition coefficient (Wildman–Crippen LogP) is 3.48. The third kappa shape index (κ3) is 6.84. The Kier molecular flexibility index (Phi) is 6.96. The molecule has 2 aromatic rings. The molecule has 1 atom stereocenters. The molecule has 1 N–H and O–H groups in total. The number of aryl methyl sites for hydroxylation is 1. The minimum atomic E-state index is -3.46. The van der Waals surface area contributed by atoms with Crippen molar-refractivity contribution in [2.24, 2.45) is 5.92 Å². The quantitative estimate of drug-likeness (QED) is 0.741. The van der Waals surface area contributed by atoms with Crippen molar-refractivity contribution in [3.63, 3.8) is 0 Å². The van der Waals surface area contributed by atoms with Gasteiger partial charge in [-0.25, -0.2) is 13.1 Å². The Morgan fingerprint density at radius 3 is 2.48 bits per heavy atom. The summed E-state index contributed by atoms with van der Waals surface area (Å²) < 4.78 is 33.2. The van der Waals surface area contributed by atoms with Gasteiger partial charge in [0.15, 0.2) is 0 Å². The van der Waals surface area contributed by atoms with Crippen LogP contribution < -0.4 is 9.46 Å². The minimum absolute atomic E-state index is 0.0876. The second-order valence-corrected chi connectivity index (χ2v) is 8.44. The molecule has 6 heteroatoms. The molecule has 0 saturated carbocycles. The molecule has 0 aliphatic rings. The fraction of sp³-hybridized carbons (Fsp3) is 0.421. The Bertz CT molecular complexity index is 744. The van der Waals surface area contributed by atoms with Crippen LogP contribution in [-0.4, -0.2) is 25.8 Å². The van der Waals surface area contributed by atoms with Crippen LogP contribution >= 0.6 is 0 Å². The van der Waals surface area contributed by atoms with Crippen LogP contribution in [-0.2, 0) is 10.0 Å². The standard InChI is InChI=1S/C19H26N2O3S/c1-15(2)13-19(17-5-4-10-20-14-17)21-25(22,23)12-11-24-18-8-6-16(3)7-9-18/h4-10,14-15,19,21H,11-13H2,1-3H3. The largest absolute Gasteiger partial charge is 0.492 e. The topological polar surface area (TPSA) is 68.3 Å². The summed E-state index contributed by atoms with van der Waals surface area (Å²) in [6.07, 6.45) is 4.10. The molecule has 5 nitrogen and oxygen atoms in total. The maximum absolute atomic E-state index is 12.4. The average Bonchev–Trinajstić information content (AvgIpc) is 2.56. The molecule has 2 rings (SSSR count). The number of hydrogen-bond acceptors (Lipinski definition) is 4. The summed E-state index contributed by atoms with van der Waals surface area (Å²) in [6, 6.07) is 11.0. The molecule has 0 aliphatic carbocycles. The lowest BCUT2D eigenvalue weighted by atomic mass is 9.99. The van der Waals surface area contributed by atoms with E-state index in [-0.39, 0.29) is 18.4 Å². The summed E-state index contributed by atoms with van der Waals surface area (Å²) in [5.74, 6) is 0.943. The third-order valence-electron chi connectivity index (χ3n) is 3.76. The van der Waals surface area contributed by atoms with E-state index < -0.39 is 10.0 Å². The summed E-state index contributed by atoms with van der Waals surface area (Å²) in [5.41, 5.74) is 2.01. The van der Waals surface area contributed by atoms with Gasteiger partial charge in [-0.1, -0.05) is 37.6 Å². The van der Waals surface area contributed by atoms with Gasteiger partial charge in [0.25, 0.3) is 0 Å². The zero-order valence-corrected chi connectivity index (χ0v) is 15.8. The van der Waals surface area contributed by atoms with Crippen molar-refractivity contribution >= 4 is 10.0 Å². The molecule has 0 spiro atoms. The van der Waals surface area contributed by atoms with Gasteiger partial charge in [0.05, 0.1) is 5.75 Å². The number of pyridine rings is 1. The number of ether oxygens (including phenoxy) is 1. The molecule has 1 heterocycles. The first kappa shape index (κ1) is 19.4. The molecule has 1 unspecified atom stereocenters. The third-order valence-corrected chi connectivity index (χ3v) is 5.11. The summed E-state index contributed by atoms with van der Waals surface area (Å²) in [6.45, 7) is 6.24. The monoisotopic (exact) mass is 362 g/mol. The molecule has 0 saturated heterocycles. The number of sulfonamides is 1. The first-order valence-corrected chi connectivity index (χ1v) is 10.1. The minimum Gasteiger partial charge on any atom is -0.492 e. The Balaban J connectivity index is 1.95. The lowest BCUT2D eigenvalue weighted by Crippen LogP contribution is -2.33. The zero-order valence-electron chi connectivity index (χ0n) is 15.0. The van der Waals surface area contributed by atoms with E-state index in [1.807, 2.05) is 43.3 Å². The van der Waals surface area contributed by atoms with Crippen LogP contribution in [0.1, 0.15) is 37.4 Å². The molecule has 0 amide bonds. The highest BCUT2D eigenvalue weighted by Crippen LogP contribution is 2.21. The SMILES string of the molecule is Cc1ccc(OCCS(=O)(=O)NC(CC(C)C)c2cccnc2)cc1. The molecule has 0 bridgehead atoms. The van der Waals surface area contributed by atoms with E-state index in [9.17, 15) is 8.42 Å². The van der Waals surface area contributed by atoms with E-state index in [1.165, 1.54) is 0 Å². The maximum Gasteiger partial charge on any atom is 0.215 e. The Morgan fingerprint density at radius 2 is 1.88 bits per heavy atom. The molecular formula is C19H26N2O3S. The summed E-state index contributed by atoms with van der Waals surface area (Å²) in [4.78, 5) is 4.09. The normalized spacial score (nSPS) is 13.0. The fourth-order valence-electron chi connectivity index (χ4n) is 2.49. The van der Waals surface area contributed by atoms with Crippen LogP contribution in [0.15, 0.2) is 48.8 Å². The van der Waals surface area contributed by atoms with Gasteiger partial charge < -0.3 is 4.74 Å². The van der Waals surface area contributed by atoms with Crippen LogP contribution in [0.5, 0.6) is 5.75 Å². The second kappa shape index (κ2) is 8.97. The molecule has 0 radical (unpaired) electrons. The Hall–Kier alpha value is -1.92. The fourth-order valence-corrected chi connectivity index (χ4v) is 3.57. The van der Waals surface area contributed by atoms with E-state index in [0.717, 1.165) is 11.1 Å². The maximum atomic E-state index is 12.4. The molecule has 25 heavy (non-hydrogen) atoms. The molecule has 1 aromatic heterocycles. The van der Waals surface area contributed by atoms with Gasteiger partial charge in [0, 0.05) is 18.4 Å². The van der Waals surface area contributed by atoms with Crippen LogP contribution in [0.25, 0.3) is 0 Å². The lowest BCUT2D eigenvalue weighted by Gasteiger charge is -2.20. The van der Waals surface area contributed by atoms with Crippen LogP contribution in [0, 0.1) is 12.8 Å². The number of nitrogens with one attached hydrogen (secondary N) is 1. The van der Waals surface area contributed by atoms with Crippen LogP contribution in [0.2, 0.25) is 0 Å². The lowest BCUT2D eigenvalue weighted by molar-refractivity contribution is 0.339. The van der Waals surface area contributed by atoms with Gasteiger partial charge in [0.2, 0.25) is 10.0 Å². The number of nitrogens with zero attached hydrogens (tertiary/aromatic N) is 1. The van der Waals surface area contributed by atoms with Gasteiger partial charge in [-0.15, -0.1) is 0 Å². The number of rotatable bonds is 9. The predicted molar refractivity (Wildman–Crippen MR) is 100 cm³/mol. The van der Waals surface area contributed by atoms with Crippen LogP contribution in [0.3, 0.4) is 0 Å². The molecular weight excluding hydrogens is 336 g/mol. The van der Waals surface area contributed by atoms with Gasteiger partial charge in [-0.3, -0.25) is 4.98 Å². The van der Waals surface area contributed by atoms with E-state index in [1.54, 1.807) is 12.4 Å². The average molecular weight is 362 g/mol. The van der Waals surface area contributed by atoms with Crippen molar-refractivity contribution < 1.29 is 13.2 Å². The van der Waals surface area contributed by atoms with E-state index >= 15 is 0 Å². The summed E-state index contributed by atoms with van der Waals surface area (Å²) >= 11 is 0. The van der Waals surface area contributed by atoms with Gasteiger partial charge >= 0.3 is 0 Å². The highest BCUT2D eigenvalue weighted by atomic mass is 32.2. The smallest absolute Gasteiger partial charge is 0.215 e. The zero-order chi connectivity index (χ0) is 18.3. The van der Waals surface area contributed by atoms with E-state index in [4.69, 9.17) is 4.74 Å².